The standard InChI is InChI=1S/C18H24N6O/c1-14(16-6-4-5-15(11-16)12-19)24-9-7-23(8-10-24)13-17-20-18(21-25-17)22(2)3/h4-6,11,14H,7-10,13H2,1-3H3/t14-/m0/s1. The van der Waals surface area contributed by atoms with Gasteiger partial charge in [-0.2, -0.15) is 10.2 Å². The molecule has 1 aromatic carbocycles. The van der Waals surface area contributed by atoms with Crippen molar-refractivity contribution in [3.8, 4) is 6.07 Å². The van der Waals surface area contributed by atoms with Crippen LogP contribution in [-0.2, 0) is 6.54 Å². The van der Waals surface area contributed by atoms with Crippen molar-refractivity contribution in [1.82, 2.24) is 19.9 Å². The molecule has 1 aromatic heterocycles. The summed E-state index contributed by atoms with van der Waals surface area (Å²) in [4.78, 5) is 11.0. The third-order valence-electron chi connectivity index (χ3n) is 4.67. The van der Waals surface area contributed by atoms with Crippen molar-refractivity contribution in [2.24, 2.45) is 0 Å². The van der Waals surface area contributed by atoms with Crippen molar-refractivity contribution in [3.05, 3.63) is 41.3 Å². The van der Waals surface area contributed by atoms with Gasteiger partial charge in [-0.15, -0.1) is 0 Å². The molecule has 2 heterocycles. The van der Waals surface area contributed by atoms with Crippen molar-refractivity contribution in [2.45, 2.75) is 19.5 Å². The molecule has 0 saturated carbocycles. The zero-order valence-corrected chi connectivity index (χ0v) is 15.0. The minimum Gasteiger partial charge on any atom is -0.344 e. The van der Waals surface area contributed by atoms with Crippen LogP contribution in [0.4, 0.5) is 5.95 Å². The van der Waals surface area contributed by atoms with Gasteiger partial charge in [0.25, 0.3) is 5.95 Å². The Labute approximate surface area is 148 Å². The molecule has 2 aromatic rings. The number of nitriles is 1. The van der Waals surface area contributed by atoms with E-state index in [4.69, 9.17) is 9.78 Å². The molecule has 132 valence electrons. The summed E-state index contributed by atoms with van der Waals surface area (Å²) < 4.78 is 5.31. The molecule has 7 nitrogen and oxygen atoms in total. The van der Waals surface area contributed by atoms with Gasteiger partial charge in [-0.3, -0.25) is 9.80 Å². The highest BCUT2D eigenvalue weighted by molar-refractivity contribution is 5.34. The molecule has 7 heteroatoms. The molecule has 0 N–H and O–H groups in total. The summed E-state index contributed by atoms with van der Waals surface area (Å²) in [6, 6.07) is 10.4. The lowest BCUT2D eigenvalue weighted by atomic mass is 10.0. The molecule has 0 bridgehead atoms. The highest BCUT2D eigenvalue weighted by atomic mass is 16.5. The van der Waals surface area contributed by atoms with Gasteiger partial charge in [0.1, 0.15) is 0 Å². The van der Waals surface area contributed by atoms with Crippen LogP contribution in [0.25, 0.3) is 0 Å². The minimum absolute atomic E-state index is 0.305. The Morgan fingerprint density at radius 2 is 2.04 bits per heavy atom. The highest BCUT2D eigenvalue weighted by Crippen LogP contribution is 2.23. The molecule has 0 unspecified atom stereocenters. The first-order valence-corrected chi connectivity index (χ1v) is 8.53. The quantitative estimate of drug-likeness (QED) is 0.823. The molecule has 1 aliphatic heterocycles. The molecule has 1 aliphatic rings. The van der Waals surface area contributed by atoms with Gasteiger partial charge in [-0.1, -0.05) is 12.1 Å². The maximum Gasteiger partial charge on any atom is 0.265 e. The predicted octanol–water partition coefficient (Wildman–Crippen LogP) is 1.89. The number of anilines is 1. The average Bonchev–Trinajstić information content (AvgIpc) is 3.10. The fraction of sp³-hybridized carbons (Fsp3) is 0.500. The molecule has 0 aliphatic carbocycles. The summed E-state index contributed by atoms with van der Waals surface area (Å²) >= 11 is 0. The number of piperazine rings is 1. The molecule has 1 fully saturated rings. The van der Waals surface area contributed by atoms with Crippen LogP contribution in [0.2, 0.25) is 0 Å². The maximum absolute atomic E-state index is 9.07. The Morgan fingerprint density at radius 3 is 2.68 bits per heavy atom. The average molecular weight is 340 g/mol. The van der Waals surface area contributed by atoms with Gasteiger partial charge in [0, 0.05) is 46.3 Å². The Morgan fingerprint density at radius 1 is 1.28 bits per heavy atom. The normalized spacial score (nSPS) is 17.2. The summed E-state index contributed by atoms with van der Waals surface area (Å²) in [5.41, 5.74) is 1.91. The molecular formula is C18H24N6O. The summed E-state index contributed by atoms with van der Waals surface area (Å²) in [7, 11) is 3.80. The van der Waals surface area contributed by atoms with E-state index < -0.39 is 0 Å². The molecule has 0 amide bonds. The van der Waals surface area contributed by atoms with E-state index in [1.54, 1.807) is 0 Å². The number of rotatable bonds is 5. The van der Waals surface area contributed by atoms with Crippen LogP contribution < -0.4 is 4.90 Å². The lowest BCUT2D eigenvalue weighted by Gasteiger charge is -2.37. The number of hydrogen-bond acceptors (Lipinski definition) is 7. The first-order valence-electron chi connectivity index (χ1n) is 8.53. The first kappa shape index (κ1) is 17.4. The van der Waals surface area contributed by atoms with E-state index in [-0.39, 0.29) is 0 Å². The van der Waals surface area contributed by atoms with E-state index in [0.717, 1.165) is 31.7 Å². The fourth-order valence-electron chi connectivity index (χ4n) is 3.07. The van der Waals surface area contributed by atoms with Crippen molar-refractivity contribution < 1.29 is 4.52 Å². The lowest BCUT2D eigenvalue weighted by Crippen LogP contribution is -2.46. The van der Waals surface area contributed by atoms with Gasteiger partial charge < -0.3 is 9.42 Å². The Bertz CT molecular complexity index is 742. The lowest BCUT2D eigenvalue weighted by molar-refractivity contribution is 0.0905. The van der Waals surface area contributed by atoms with Gasteiger partial charge >= 0.3 is 0 Å². The monoisotopic (exact) mass is 340 g/mol. The van der Waals surface area contributed by atoms with Crippen LogP contribution in [0.5, 0.6) is 0 Å². The van der Waals surface area contributed by atoms with E-state index in [1.165, 1.54) is 5.56 Å². The van der Waals surface area contributed by atoms with Crippen LogP contribution in [0.3, 0.4) is 0 Å². The summed E-state index contributed by atoms with van der Waals surface area (Å²) in [5.74, 6) is 1.27. The Kier molecular flexibility index (Phi) is 5.31. The molecule has 0 radical (unpaired) electrons. The molecule has 1 saturated heterocycles. The summed E-state index contributed by atoms with van der Waals surface area (Å²) in [6.45, 7) is 6.77. The molecule has 3 rings (SSSR count). The minimum atomic E-state index is 0.305. The second-order valence-corrected chi connectivity index (χ2v) is 6.61. The van der Waals surface area contributed by atoms with E-state index >= 15 is 0 Å². The molecule has 1 atom stereocenters. The SMILES string of the molecule is C[C@@H](c1cccc(C#N)c1)N1CCN(Cc2nc(N(C)C)no2)CC1. The van der Waals surface area contributed by atoms with Crippen molar-refractivity contribution in [2.75, 3.05) is 45.2 Å². The van der Waals surface area contributed by atoms with Gasteiger partial charge in [0.05, 0.1) is 18.2 Å². The third-order valence-corrected chi connectivity index (χ3v) is 4.67. The van der Waals surface area contributed by atoms with Gasteiger partial charge in [0.2, 0.25) is 5.89 Å². The second kappa shape index (κ2) is 7.64. The van der Waals surface area contributed by atoms with Crippen molar-refractivity contribution in [3.63, 3.8) is 0 Å². The van der Waals surface area contributed by atoms with Crippen molar-refractivity contribution in [1.29, 1.82) is 5.26 Å². The largest absolute Gasteiger partial charge is 0.344 e. The smallest absolute Gasteiger partial charge is 0.265 e. The highest BCUT2D eigenvalue weighted by Gasteiger charge is 2.23. The van der Waals surface area contributed by atoms with Crippen molar-refractivity contribution >= 4 is 5.95 Å². The fourth-order valence-corrected chi connectivity index (χ4v) is 3.07. The van der Waals surface area contributed by atoms with Crippen LogP contribution in [0.1, 0.15) is 30.0 Å². The predicted molar refractivity (Wildman–Crippen MR) is 95.0 cm³/mol. The zero-order chi connectivity index (χ0) is 17.8. The number of nitrogens with zero attached hydrogens (tertiary/aromatic N) is 6. The number of aromatic nitrogens is 2. The summed E-state index contributed by atoms with van der Waals surface area (Å²) in [5, 5.41) is 13.0. The van der Waals surface area contributed by atoms with Gasteiger partial charge in [0.15, 0.2) is 0 Å². The maximum atomic E-state index is 9.07. The Hall–Kier alpha value is -2.43. The number of benzene rings is 1. The molecule has 25 heavy (non-hydrogen) atoms. The zero-order valence-electron chi connectivity index (χ0n) is 15.0. The van der Waals surface area contributed by atoms with Gasteiger partial charge in [-0.25, -0.2) is 0 Å². The third kappa shape index (κ3) is 4.16. The van der Waals surface area contributed by atoms with Crippen LogP contribution >= 0.6 is 0 Å². The Balaban J connectivity index is 1.55. The van der Waals surface area contributed by atoms with Gasteiger partial charge in [-0.05, 0) is 29.8 Å². The van der Waals surface area contributed by atoms with Crippen LogP contribution in [-0.4, -0.2) is 60.2 Å². The van der Waals surface area contributed by atoms with E-state index in [1.807, 2.05) is 37.2 Å². The second-order valence-electron chi connectivity index (χ2n) is 6.61. The first-order chi connectivity index (χ1) is 12.1. The van der Waals surface area contributed by atoms with Crippen LogP contribution in [0.15, 0.2) is 28.8 Å². The van der Waals surface area contributed by atoms with E-state index in [2.05, 4.69) is 39.0 Å². The van der Waals surface area contributed by atoms with E-state index in [0.29, 0.717) is 24.4 Å². The van der Waals surface area contributed by atoms with E-state index in [9.17, 15) is 0 Å². The summed E-state index contributed by atoms with van der Waals surface area (Å²) in [6.07, 6.45) is 0. The number of hydrogen-bond donors (Lipinski definition) is 0. The molecular weight excluding hydrogens is 316 g/mol. The topological polar surface area (TPSA) is 72.4 Å². The van der Waals surface area contributed by atoms with Crippen LogP contribution in [0, 0.1) is 11.3 Å². The molecule has 0 spiro atoms.